The zero-order valence-corrected chi connectivity index (χ0v) is 13.6. The predicted octanol–water partition coefficient (Wildman–Crippen LogP) is 3.12. The van der Waals surface area contributed by atoms with Crippen LogP contribution in [0.15, 0.2) is 30.6 Å². The highest BCUT2D eigenvalue weighted by atomic mass is 35.5. The van der Waals surface area contributed by atoms with Crippen molar-refractivity contribution in [3.05, 3.63) is 51.6 Å². The number of nitrogens with one attached hydrogen (secondary N) is 1. The maximum absolute atomic E-state index is 12.9. The van der Waals surface area contributed by atoms with Crippen LogP contribution in [0.1, 0.15) is 27.2 Å². The molecule has 0 atom stereocenters. The van der Waals surface area contributed by atoms with E-state index in [1.165, 1.54) is 11.2 Å². The van der Waals surface area contributed by atoms with Crippen LogP contribution in [0.2, 0.25) is 5.02 Å². The number of tetrazole rings is 1. The van der Waals surface area contributed by atoms with Crippen LogP contribution in [-0.4, -0.2) is 26.1 Å². The number of carbonyl (C=O) groups is 1. The number of fused-ring (bicyclic) bond motifs is 1. The largest absolute Gasteiger partial charge is 0.321 e. The highest BCUT2D eigenvalue weighted by Crippen LogP contribution is 2.38. The Morgan fingerprint density at radius 3 is 2.96 bits per heavy atom. The summed E-state index contributed by atoms with van der Waals surface area (Å²) in [5, 5.41) is 15.4. The molecule has 1 aliphatic carbocycles. The van der Waals surface area contributed by atoms with E-state index in [2.05, 4.69) is 20.8 Å². The van der Waals surface area contributed by atoms with Gasteiger partial charge in [-0.3, -0.25) is 4.79 Å². The Bertz CT molecular complexity index is 874. The van der Waals surface area contributed by atoms with Crippen molar-refractivity contribution in [1.29, 1.82) is 0 Å². The number of para-hydroxylation sites is 1. The van der Waals surface area contributed by atoms with Crippen molar-refractivity contribution in [2.45, 2.75) is 19.3 Å². The second-order valence-corrected chi connectivity index (χ2v) is 6.72. The SMILES string of the molecule is O=C(Nc1ccccc1Cl)c1c(-n2cnnn2)sc2c1CCC2. The Morgan fingerprint density at radius 2 is 2.17 bits per heavy atom. The van der Waals surface area contributed by atoms with Crippen LogP contribution in [-0.2, 0) is 12.8 Å². The number of carbonyl (C=O) groups excluding carboxylic acids is 1. The number of hydrogen-bond donors (Lipinski definition) is 1. The summed E-state index contributed by atoms with van der Waals surface area (Å²) in [6, 6.07) is 7.19. The molecule has 0 aliphatic heterocycles. The fraction of sp³-hybridized carbons (Fsp3) is 0.200. The molecule has 4 rings (SSSR count). The number of anilines is 1. The average molecular weight is 346 g/mol. The molecule has 2 heterocycles. The number of thiophene rings is 1. The molecule has 6 nitrogen and oxygen atoms in total. The van der Waals surface area contributed by atoms with Gasteiger partial charge in [-0.15, -0.1) is 16.4 Å². The molecule has 2 aromatic heterocycles. The zero-order chi connectivity index (χ0) is 15.8. The summed E-state index contributed by atoms with van der Waals surface area (Å²) in [7, 11) is 0. The third-order valence-corrected chi connectivity index (χ3v) is 5.42. The van der Waals surface area contributed by atoms with Gasteiger partial charge in [-0.05, 0) is 47.4 Å². The van der Waals surface area contributed by atoms with Crippen LogP contribution in [0.4, 0.5) is 5.69 Å². The second kappa shape index (κ2) is 5.75. The first kappa shape index (κ1) is 14.3. The quantitative estimate of drug-likeness (QED) is 0.791. The van der Waals surface area contributed by atoms with Crippen molar-refractivity contribution >= 4 is 34.5 Å². The molecule has 0 fully saturated rings. The summed E-state index contributed by atoms with van der Waals surface area (Å²) in [5.74, 6) is -0.178. The van der Waals surface area contributed by atoms with Gasteiger partial charge in [0.15, 0.2) is 0 Å². The molecule has 116 valence electrons. The summed E-state index contributed by atoms with van der Waals surface area (Å²) >= 11 is 7.71. The molecule has 0 unspecified atom stereocenters. The molecule has 0 radical (unpaired) electrons. The normalized spacial score (nSPS) is 13.1. The van der Waals surface area contributed by atoms with Crippen LogP contribution >= 0.6 is 22.9 Å². The number of rotatable bonds is 3. The van der Waals surface area contributed by atoms with E-state index in [4.69, 9.17) is 11.6 Å². The van der Waals surface area contributed by atoms with E-state index in [9.17, 15) is 4.79 Å². The Kier molecular flexibility index (Phi) is 3.59. The van der Waals surface area contributed by atoms with Gasteiger partial charge >= 0.3 is 0 Å². The molecule has 0 spiro atoms. The zero-order valence-electron chi connectivity index (χ0n) is 12.0. The number of nitrogens with zero attached hydrogens (tertiary/aromatic N) is 4. The minimum absolute atomic E-state index is 0.178. The number of amides is 1. The molecule has 0 saturated heterocycles. The van der Waals surface area contributed by atoms with Crippen molar-refractivity contribution < 1.29 is 4.79 Å². The fourth-order valence-electron chi connectivity index (χ4n) is 2.79. The molecule has 3 aromatic rings. The van der Waals surface area contributed by atoms with Crippen molar-refractivity contribution in [3.63, 3.8) is 0 Å². The van der Waals surface area contributed by atoms with Gasteiger partial charge < -0.3 is 5.32 Å². The molecule has 0 bridgehead atoms. The standard InChI is InChI=1S/C15H12ClN5OS/c16-10-5-1-2-6-11(10)18-14(22)13-9-4-3-7-12(9)23-15(13)21-8-17-19-20-21/h1-2,5-6,8H,3-4,7H2,(H,18,22). The van der Waals surface area contributed by atoms with Gasteiger partial charge in [-0.1, -0.05) is 23.7 Å². The van der Waals surface area contributed by atoms with Gasteiger partial charge in [-0.2, -0.15) is 4.68 Å². The van der Waals surface area contributed by atoms with Gasteiger partial charge in [0, 0.05) is 4.88 Å². The lowest BCUT2D eigenvalue weighted by atomic mass is 10.1. The highest BCUT2D eigenvalue weighted by molar-refractivity contribution is 7.15. The minimum atomic E-state index is -0.178. The summed E-state index contributed by atoms with van der Waals surface area (Å²) in [6.45, 7) is 0. The summed E-state index contributed by atoms with van der Waals surface area (Å²) in [6.07, 6.45) is 4.48. The number of aromatic nitrogens is 4. The molecular weight excluding hydrogens is 334 g/mol. The maximum Gasteiger partial charge on any atom is 0.259 e. The predicted molar refractivity (Wildman–Crippen MR) is 88.5 cm³/mol. The molecule has 1 aromatic carbocycles. The van der Waals surface area contributed by atoms with Crippen LogP contribution in [0.5, 0.6) is 0 Å². The lowest BCUT2D eigenvalue weighted by Gasteiger charge is -2.09. The summed E-state index contributed by atoms with van der Waals surface area (Å²) in [4.78, 5) is 14.1. The maximum atomic E-state index is 12.9. The summed E-state index contributed by atoms with van der Waals surface area (Å²) in [5.41, 5.74) is 2.35. The van der Waals surface area contributed by atoms with Crippen LogP contribution in [0.25, 0.3) is 5.00 Å². The topological polar surface area (TPSA) is 72.7 Å². The van der Waals surface area contributed by atoms with E-state index in [0.717, 1.165) is 29.8 Å². The van der Waals surface area contributed by atoms with E-state index >= 15 is 0 Å². The second-order valence-electron chi connectivity index (χ2n) is 5.23. The lowest BCUT2D eigenvalue weighted by molar-refractivity contribution is 0.102. The van der Waals surface area contributed by atoms with Gasteiger partial charge in [0.1, 0.15) is 11.3 Å². The molecule has 1 amide bonds. The molecule has 23 heavy (non-hydrogen) atoms. The van der Waals surface area contributed by atoms with Crippen LogP contribution in [0.3, 0.4) is 0 Å². The Balaban J connectivity index is 1.76. The van der Waals surface area contributed by atoms with E-state index in [1.54, 1.807) is 28.2 Å². The van der Waals surface area contributed by atoms with Gasteiger partial charge in [0.2, 0.25) is 0 Å². The molecular formula is C15H12ClN5OS. The van der Waals surface area contributed by atoms with Crippen molar-refractivity contribution in [2.24, 2.45) is 0 Å². The number of benzene rings is 1. The monoisotopic (exact) mass is 345 g/mol. The average Bonchev–Trinajstić information content (AvgIpc) is 3.24. The molecule has 1 aliphatic rings. The smallest absolute Gasteiger partial charge is 0.259 e. The van der Waals surface area contributed by atoms with Crippen LogP contribution < -0.4 is 5.32 Å². The van der Waals surface area contributed by atoms with Gasteiger partial charge in [0.05, 0.1) is 16.3 Å². The Morgan fingerprint density at radius 1 is 1.30 bits per heavy atom. The molecule has 0 saturated carbocycles. The van der Waals surface area contributed by atoms with Crippen molar-refractivity contribution in [3.8, 4) is 5.00 Å². The third kappa shape index (κ3) is 2.51. The van der Waals surface area contributed by atoms with Gasteiger partial charge in [0.25, 0.3) is 5.91 Å². The Labute approximate surface area is 141 Å². The first-order valence-electron chi connectivity index (χ1n) is 7.18. The van der Waals surface area contributed by atoms with Crippen molar-refractivity contribution in [2.75, 3.05) is 5.32 Å². The first-order chi connectivity index (χ1) is 11.2. The Hall–Kier alpha value is -2.25. The molecule has 8 heteroatoms. The van der Waals surface area contributed by atoms with Crippen LogP contribution in [0, 0.1) is 0 Å². The highest BCUT2D eigenvalue weighted by Gasteiger charge is 2.28. The number of halogens is 1. The summed E-state index contributed by atoms with van der Waals surface area (Å²) < 4.78 is 1.55. The van der Waals surface area contributed by atoms with Gasteiger partial charge in [-0.25, -0.2) is 0 Å². The lowest BCUT2D eigenvalue weighted by Crippen LogP contribution is -2.15. The number of hydrogen-bond acceptors (Lipinski definition) is 5. The van der Waals surface area contributed by atoms with E-state index in [1.807, 2.05) is 12.1 Å². The van der Waals surface area contributed by atoms with E-state index in [0.29, 0.717) is 16.3 Å². The molecule has 1 N–H and O–H groups in total. The fourth-order valence-corrected chi connectivity index (χ4v) is 4.27. The van der Waals surface area contributed by atoms with E-state index in [-0.39, 0.29) is 5.91 Å². The first-order valence-corrected chi connectivity index (χ1v) is 8.37. The number of aryl methyl sites for hydroxylation is 1. The van der Waals surface area contributed by atoms with Crippen molar-refractivity contribution in [1.82, 2.24) is 20.2 Å². The van der Waals surface area contributed by atoms with E-state index < -0.39 is 0 Å². The minimum Gasteiger partial charge on any atom is -0.321 e. The third-order valence-electron chi connectivity index (χ3n) is 3.81.